The van der Waals surface area contributed by atoms with Crippen molar-refractivity contribution in [2.75, 3.05) is 49.0 Å². The standard InChI is InChI=1S/C23H23N5O5S/c29-22(27-10-12-28(13-11-27)23-24-8-1-9-25-23)17-2-4-18(5-3-17)26-34(30,31)19-6-7-20-21(16-19)33-15-14-32-20/h1-9,16,26H,10-15H2. The highest BCUT2D eigenvalue weighted by molar-refractivity contribution is 7.92. The number of sulfonamides is 1. The first-order valence-electron chi connectivity index (χ1n) is 10.8. The molecule has 3 aromatic rings. The number of benzene rings is 2. The van der Waals surface area contributed by atoms with Crippen LogP contribution in [-0.2, 0) is 10.0 Å². The third kappa shape index (κ3) is 4.60. The molecule has 0 spiro atoms. The van der Waals surface area contributed by atoms with Crippen LogP contribution >= 0.6 is 0 Å². The second-order valence-electron chi connectivity index (χ2n) is 7.82. The van der Waals surface area contributed by atoms with Gasteiger partial charge in [0.15, 0.2) is 11.5 Å². The van der Waals surface area contributed by atoms with Crippen molar-refractivity contribution in [1.29, 1.82) is 0 Å². The lowest BCUT2D eigenvalue weighted by molar-refractivity contribution is 0.0746. The molecule has 1 N–H and O–H groups in total. The van der Waals surface area contributed by atoms with Crippen molar-refractivity contribution < 1.29 is 22.7 Å². The molecule has 34 heavy (non-hydrogen) atoms. The first-order valence-corrected chi connectivity index (χ1v) is 12.3. The third-order valence-corrected chi connectivity index (χ3v) is 6.99. The molecule has 0 unspecified atom stereocenters. The van der Waals surface area contributed by atoms with Gasteiger partial charge in [-0.1, -0.05) is 0 Å². The summed E-state index contributed by atoms with van der Waals surface area (Å²) in [7, 11) is -3.83. The molecule has 0 saturated carbocycles. The maximum atomic E-state index is 12.9. The number of nitrogens with zero attached hydrogens (tertiary/aromatic N) is 4. The van der Waals surface area contributed by atoms with Gasteiger partial charge < -0.3 is 19.3 Å². The zero-order chi connectivity index (χ0) is 23.5. The van der Waals surface area contributed by atoms with Crippen molar-refractivity contribution >= 4 is 27.6 Å². The average Bonchev–Trinajstić information content (AvgIpc) is 2.89. The fourth-order valence-electron chi connectivity index (χ4n) is 3.83. The van der Waals surface area contributed by atoms with E-state index in [-0.39, 0.29) is 10.8 Å². The predicted molar refractivity (Wildman–Crippen MR) is 125 cm³/mol. The van der Waals surface area contributed by atoms with Crippen LogP contribution in [0.2, 0.25) is 0 Å². The molecule has 2 aliphatic heterocycles. The highest BCUT2D eigenvalue weighted by Gasteiger charge is 2.24. The van der Waals surface area contributed by atoms with Crippen LogP contribution in [0.3, 0.4) is 0 Å². The highest BCUT2D eigenvalue weighted by atomic mass is 32.2. The molecule has 0 atom stereocenters. The summed E-state index contributed by atoms with van der Waals surface area (Å²) in [5.74, 6) is 1.47. The van der Waals surface area contributed by atoms with E-state index in [4.69, 9.17) is 9.47 Å². The van der Waals surface area contributed by atoms with Gasteiger partial charge in [0.2, 0.25) is 5.95 Å². The Bertz CT molecular complexity index is 1280. The zero-order valence-corrected chi connectivity index (χ0v) is 19.1. The fourth-order valence-corrected chi connectivity index (χ4v) is 4.91. The third-order valence-electron chi connectivity index (χ3n) is 5.61. The first-order chi connectivity index (χ1) is 16.5. The molecule has 2 aliphatic rings. The average molecular weight is 482 g/mol. The lowest BCUT2D eigenvalue weighted by Gasteiger charge is -2.34. The minimum absolute atomic E-state index is 0.0668. The van der Waals surface area contributed by atoms with Crippen molar-refractivity contribution in [2.45, 2.75) is 4.90 Å². The van der Waals surface area contributed by atoms with Crippen LogP contribution in [-0.4, -0.2) is 68.6 Å². The number of hydrogen-bond donors (Lipinski definition) is 1. The predicted octanol–water partition coefficient (Wildman–Crippen LogP) is 2.01. The largest absolute Gasteiger partial charge is 0.486 e. The molecule has 3 heterocycles. The van der Waals surface area contributed by atoms with Gasteiger partial charge in [0, 0.05) is 55.9 Å². The number of carbonyl (C=O) groups is 1. The van der Waals surface area contributed by atoms with Gasteiger partial charge in [-0.05, 0) is 42.5 Å². The highest BCUT2D eigenvalue weighted by Crippen LogP contribution is 2.32. The Kier molecular flexibility index (Phi) is 5.93. The molecule has 0 aliphatic carbocycles. The van der Waals surface area contributed by atoms with Gasteiger partial charge in [-0.3, -0.25) is 9.52 Å². The topological polar surface area (TPSA) is 114 Å². The molecule has 1 saturated heterocycles. The van der Waals surface area contributed by atoms with E-state index in [2.05, 4.69) is 14.7 Å². The molecule has 5 rings (SSSR count). The van der Waals surface area contributed by atoms with E-state index in [0.717, 1.165) is 0 Å². The Morgan fingerprint density at radius 3 is 2.26 bits per heavy atom. The minimum atomic E-state index is -3.83. The molecule has 176 valence electrons. The Morgan fingerprint density at radius 2 is 1.56 bits per heavy atom. The quantitative estimate of drug-likeness (QED) is 0.589. The maximum absolute atomic E-state index is 12.9. The van der Waals surface area contributed by atoms with Crippen LogP contribution in [0.5, 0.6) is 11.5 Å². The summed E-state index contributed by atoms with van der Waals surface area (Å²) in [6.45, 7) is 3.19. The Hall–Kier alpha value is -3.86. The second kappa shape index (κ2) is 9.18. The molecule has 11 heteroatoms. The van der Waals surface area contributed by atoms with Crippen LogP contribution < -0.4 is 19.1 Å². The van der Waals surface area contributed by atoms with E-state index >= 15 is 0 Å². The SMILES string of the molecule is O=C(c1ccc(NS(=O)(=O)c2ccc3c(c2)OCCO3)cc1)N1CCN(c2ncccn2)CC1. The number of fused-ring (bicyclic) bond motifs is 1. The van der Waals surface area contributed by atoms with Crippen molar-refractivity contribution in [3.05, 3.63) is 66.5 Å². The van der Waals surface area contributed by atoms with Gasteiger partial charge in [-0.25, -0.2) is 18.4 Å². The Morgan fingerprint density at radius 1 is 0.882 bits per heavy atom. The minimum Gasteiger partial charge on any atom is -0.486 e. The van der Waals surface area contributed by atoms with Gasteiger partial charge in [-0.15, -0.1) is 0 Å². The summed E-state index contributed by atoms with van der Waals surface area (Å²) in [6, 6.07) is 12.7. The van der Waals surface area contributed by atoms with Gasteiger partial charge in [0.05, 0.1) is 4.90 Å². The van der Waals surface area contributed by atoms with Gasteiger partial charge >= 0.3 is 0 Å². The number of ether oxygens (including phenoxy) is 2. The Labute approximate surface area is 197 Å². The number of amides is 1. The number of carbonyl (C=O) groups excluding carboxylic acids is 1. The lowest BCUT2D eigenvalue weighted by atomic mass is 10.1. The molecular formula is C23H23N5O5S. The molecule has 0 bridgehead atoms. The molecule has 1 aromatic heterocycles. The van der Waals surface area contributed by atoms with E-state index in [1.54, 1.807) is 53.7 Å². The molecule has 0 radical (unpaired) electrons. The zero-order valence-electron chi connectivity index (χ0n) is 18.3. The van der Waals surface area contributed by atoms with E-state index in [0.29, 0.717) is 68.1 Å². The molecule has 1 amide bonds. The smallest absolute Gasteiger partial charge is 0.262 e. The fraction of sp³-hybridized carbons (Fsp3) is 0.261. The van der Waals surface area contributed by atoms with E-state index in [1.165, 1.54) is 12.1 Å². The number of aromatic nitrogens is 2. The Balaban J connectivity index is 1.22. The van der Waals surface area contributed by atoms with Crippen molar-refractivity contribution in [1.82, 2.24) is 14.9 Å². The van der Waals surface area contributed by atoms with Crippen molar-refractivity contribution in [2.24, 2.45) is 0 Å². The maximum Gasteiger partial charge on any atom is 0.262 e. The van der Waals surface area contributed by atoms with Crippen LogP contribution in [0.1, 0.15) is 10.4 Å². The number of nitrogens with one attached hydrogen (secondary N) is 1. The molecule has 10 nitrogen and oxygen atoms in total. The van der Waals surface area contributed by atoms with Gasteiger partial charge in [0.1, 0.15) is 13.2 Å². The van der Waals surface area contributed by atoms with Crippen molar-refractivity contribution in [3.63, 3.8) is 0 Å². The number of hydrogen-bond acceptors (Lipinski definition) is 8. The molecular weight excluding hydrogens is 458 g/mol. The number of rotatable bonds is 5. The number of anilines is 2. The van der Waals surface area contributed by atoms with Crippen LogP contribution in [0.15, 0.2) is 65.8 Å². The normalized spacial score (nSPS) is 15.6. The molecule has 1 fully saturated rings. The summed E-state index contributed by atoms with van der Waals surface area (Å²) in [6.07, 6.45) is 3.40. The number of piperazine rings is 1. The van der Waals surface area contributed by atoms with Crippen LogP contribution in [0.4, 0.5) is 11.6 Å². The second-order valence-corrected chi connectivity index (χ2v) is 9.50. The van der Waals surface area contributed by atoms with E-state index in [1.807, 2.05) is 4.90 Å². The summed E-state index contributed by atoms with van der Waals surface area (Å²) < 4.78 is 39.1. The van der Waals surface area contributed by atoms with E-state index in [9.17, 15) is 13.2 Å². The first kappa shape index (κ1) is 22.0. The summed E-state index contributed by atoms with van der Waals surface area (Å²) in [4.78, 5) is 25.3. The van der Waals surface area contributed by atoms with Crippen LogP contribution in [0.25, 0.3) is 0 Å². The monoisotopic (exact) mass is 481 g/mol. The van der Waals surface area contributed by atoms with Gasteiger partial charge in [0.25, 0.3) is 15.9 Å². The lowest BCUT2D eigenvalue weighted by Crippen LogP contribution is -2.49. The van der Waals surface area contributed by atoms with E-state index < -0.39 is 10.0 Å². The van der Waals surface area contributed by atoms with Crippen molar-refractivity contribution in [3.8, 4) is 11.5 Å². The van der Waals surface area contributed by atoms with Crippen LogP contribution in [0, 0.1) is 0 Å². The summed E-state index contributed by atoms with van der Waals surface area (Å²) in [5.41, 5.74) is 0.851. The van der Waals surface area contributed by atoms with Gasteiger partial charge in [-0.2, -0.15) is 0 Å². The summed E-state index contributed by atoms with van der Waals surface area (Å²) >= 11 is 0. The summed E-state index contributed by atoms with van der Waals surface area (Å²) in [5, 5.41) is 0. The molecule has 2 aromatic carbocycles.